The molecular weight excluding hydrogens is 262 g/mol. The molecule has 1 saturated carbocycles. The summed E-state index contributed by atoms with van der Waals surface area (Å²) in [6.45, 7) is 6.16. The number of nitrogens with zero attached hydrogens (tertiary/aromatic N) is 2. The summed E-state index contributed by atoms with van der Waals surface area (Å²) in [5.74, 6) is 0. The molecule has 0 aromatic carbocycles. The molecule has 4 nitrogen and oxygen atoms in total. The molecule has 0 bridgehead atoms. The van der Waals surface area contributed by atoms with Crippen LogP contribution in [0.4, 0.5) is 0 Å². The Morgan fingerprint density at radius 2 is 2.29 bits per heavy atom. The van der Waals surface area contributed by atoms with Crippen LogP contribution in [0.3, 0.4) is 0 Å². The molecule has 0 radical (unpaired) electrons. The van der Waals surface area contributed by atoms with E-state index in [0.29, 0.717) is 12.1 Å². The molecule has 2 aromatic rings. The molecule has 3 rings (SSSR count). The van der Waals surface area contributed by atoms with Gasteiger partial charge < -0.3 is 14.6 Å². The summed E-state index contributed by atoms with van der Waals surface area (Å²) in [7, 11) is 1.76. The second kappa shape index (κ2) is 6.16. The summed E-state index contributed by atoms with van der Waals surface area (Å²) in [5, 5.41) is 4.88. The number of methoxy groups -OCH3 is 1. The maximum absolute atomic E-state index is 5.16. The highest BCUT2D eigenvalue weighted by molar-refractivity contribution is 5.83. The van der Waals surface area contributed by atoms with Crippen LogP contribution < -0.4 is 5.32 Å². The Morgan fingerprint density at radius 1 is 1.48 bits per heavy atom. The summed E-state index contributed by atoms with van der Waals surface area (Å²) < 4.78 is 7.49. The van der Waals surface area contributed by atoms with Crippen molar-refractivity contribution in [3.63, 3.8) is 0 Å². The number of hydrogen-bond donors (Lipinski definition) is 1. The van der Waals surface area contributed by atoms with Crippen LogP contribution in [-0.2, 0) is 11.3 Å². The van der Waals surface area contributed by atoms with Crippen LogP contribution in [0.15, 0.2) is 18.5 Å². The lowest BCUT2D eigenvalue weighted by atomic mass is 10.1. The van der Waals surface area contributed by atoms with E-state index >= 15 is 0 Å². The standard InChI is InChI=1S/C17H25N3O/c1-12-11-20(7-4-8-21-3)17-9-16(18-10-15(12)17)13(2)19-14-5-6-14/h9-11,13-14,19H,4-8H2,1-3H3. The molecule has 0 aliphatic heterocycles. The van der Waals surface area contributed by atoms with Crippen molar-refractivity contribution in [2.45, 2.75) is 51.7 Å². The van der Waals surface area contributed by atoms with Gasteiger partial charge in [-0.2, -0.15) is 0 Å². The lowest BCUT2D eigenvalue weighted by Crippen LogP contribution is -2.21. The van der Waals surface area contributed by atoms with Gasteiger partial charge in [0.1, 0.15) is 0 Å². The zero-order valence-electron chi connectivity index (χ0n) is 13.2. The fraction of sp³-hybridized carbons (Fsp3) is 0.588. The van der Waals surface area contributed by atoms with Crippen LogP contribution in [0.5, 0.6) is 0 Å². The fourth-order valence-corrected chi connectivity index (χ4v) is 2.86. The van der Waals surface area contributed by atoms with Crippen molar-refractivity contribution in [2.75, 3.05) is 13.7 Å². The molecule has 1 aliphatic carbocycles. The Labute approximate surface area is 126 Å². The van der Waals surface area contributed by atoms with Gasteiger partial charge in [0.25, 0.3) is 0 Å². The molecule has 0 saturated heterocycles. The van der Waals surface area contributed by atoms with Gasteiger partial charge in [0.15, 0.2) is 0 Å². The van der Waals surface area contributed by atoms with Gasteiger partial charge in [-0.15, -0.1) is 0 Å². The highest BCUT2D eigenvalue weighted by Gasteiger charge is 2.24. The van der Waals surface area contributed by atoms with E-state index in [1.54, 1.807) is 7.11 Å². The number of rotatable bonds is 7. The normalized spacial score (nSPS) is 16.5. The molecule has 114 valence electrons. The molecule has 1 fully saturated rings. The van der Waals surface area contributed by atoms with Crippen LogP contribution in [-0.4, -0.2) is 29.3 Å². The molecule has 0 amide bonds. The number of ether oxygens (including phenoxy) is 1. The lowest BCUT2D eigenvalue weighted by Gasteiger charge is -2.13. The Kier molecular flexibility index (Phi) is 4.27. The first-order chi connectivity index (χ1) is 10.2. The van der Waals surface area contributed by atoms with Crippen molar-refractivity contribution in [1.82, 2.24) is 14.9 Å². The van der Waals surface area contributed by atoms with Gasteiger partial charge in [-0.05, 0) is 44.7 Å². The summed E-state index contributed by atoms with van der Waals surface area (Å²) in [6, 6.07) is 3.27. The smallest absolute Gasteiger partial charge is 0.0591 e. The number of aromatic nitrogens is 2. The minimum atomic E-state index is 0.324. The molecule has 4 heteroatoms. The number of fused-ring (bicyclic) bond motifs is 1. The van der Waals surface area contributed by atoms with Gasteiger partial charge in [0, 0.05) is 50.1 Å². The molecule has 2 heterocycles. The largest absolute Gasteiger partial charge is 0.385 e. The predicted molar refractivity (Wildman–Crippen MR) is 85.5 cm³/mol. The number of nitrogens with one attached hydrogen (secondary N) is 1. The lowest BCUT2D eigenvalue weighted by molar-refractivity contribution is 0.190. The van der Waals surface area contributed by atoms with Gasteiger partial charge in [-0.25, -0.2) is 0 Å². The van der Waals surface area contributed by atoms with E-state index in [1.165, 1.54) is 29.3 Å². The molecule has 1 N–H and O–H groups in total. The first-order valence-electron chi connectivity index (χ1n) is 7.89. The molecular formula is C17H25N3O. The van der Waals surface area contributed by atoms with Gasteiger partial charge in [-0.1, -0.05) is 0 Å². The zero-order valence-corrected chi connectivity index (χ0v) is 13.2. The highest BCUT2D eigenvalue weighted by Crippen LogP contribution is 2.26. The topological polar surface area (TPSA) is 39.1 Å². The highest BCUT2D eigenvalue weighted by atomic mass is 16.5. The van der Waals surface area contributed by atoms with E-state index < -0.39 is 0 Å². The second-order valence-corrected chi connectivity index (χ2v) is 6.14. The minimum Gasteiger partial charge on any atom is -0.385 e. The van der Waals surface area contributed by atoms with E-state index in [0.717, 1.165) is 25.3 Å². The van der Waals surface area contributed by atoms with Crippen LogP contribution in [0.1, 0.15) is 43.5 Å². The molecule has 0 spiro atoms. The molecule has 21 heavy (non-hydrogen) atoms. The van der Waals surface area contributed by atoms with Crippen LogP contribution in [0.2, 0.25) is 0 Å². The first-order valence-corrected chi connectivity index (χ1v) is 7.89. The SMILES string of the molecule is COCCCn1cc(C)c2cnc(C(C)NC3CC3)cc21. The van der Waals surface area contributed by atoms with Crippen LogP contribution in [0, 0.1) is 6.92 Å². The second-order valence-electron chi connectivity index (χ2n) is 6.14. The fourth-order valence-electron chi connectivity index (χ4n) is 2.86. The predicted octanol–water partition coefficient (Wildman–Crippen LogP) is 3.19. The number of pyridine rings is 1. The van der Waals surface area contributed by atoms with Crippen molar-refractivity contribution in [2.24, 2.45) is 0 Å². The molecule has 2 aromatic heterocycles. The zero-order chi connectivity index (χ0) is 14.8. The third-order valence-electron chi connectivity index (χ3n) is 4.24. The maximum Gasteiger partial charge on any atom is 0.0591 e. The first kappa shape index (κ1) is 14.5. The van der Waals surface area contributed by atoms with Crippen molar-refractivity contribution in [3.8, 4) is 0 Å². The van der Waals surface area contributed by atoms with E-state index in [1.807, 2.05) is 6.20 Å². The quantitative estimate of drug-likeness (QED) is 0.795. The average molecular weight is 287 g/mol. The van der Waals surface area contributed by atoms with Crippen LogP contribution >= 0.6 is 0 Å². The summed E-state index contributed by atoms with van der Waals surface area (Å²) in [5.41, 5.74) is 3.72. The van der Waals surface area contributed by atoms with E-state index in [-0.39, 0.29) is 0 Å². The van der Waals surface area contributed by atoms with E-state index in [4.69, 9.17) is 4.74 Å². The van der Waals surface area contributed by atoms with Crippen molar-refractivity contribution >= 4 is 10.9 Å². The molecule has 1 aliphatic rings. The third-order valence-corrected chi connectivity index (χ3v) is 4.24. The minimum absolute atomic E-state index is 0.324. The van der Waals surface area contributed by atoms with Gasteiger partial charge >= 0.3 is 0 Å². The monoisotopic (exact) mass is 287 g/mol. The van der Waals surface area contributed by atoms with Gasteiger partial charge in [0.05, 0.1) is 11.2 Å². The number of hydrogen-bond acceptors (Lipinski definition) is 3. The number of aryl methyl sites for hydroxylation is 2. The average Bonchev–Trinajstić information content (AvgIpc) is 3.24. The molecule has 1 unspecified atom stereocenters. The Morgan fingerprint density at radius 3 is 3.00 bits per heavy atom. The van der Waals surface area contributed by atoms with E-state index in [2.05, 4.69) is 41.0 Å². The Hall–Kier alpha value is -1.39. The third kappa shape index (κ3) is 3.27. The van der Waals surface area contributed by atoms with Crippen molar-refractivity contribution in [3.05, 3.63) is 29.7 Å². The summed E-state index contributed by atoms with van der Waals surface area (Å²) >= 11 is 0. The molecule has 1 atom stereocenters. The summed E-state index contributed by atoms with van der Waals surface area (Å²) in [4.78, 5) is 4.66. The Balaban J connectivity index is 1.84. The van der Waals surface area contributed by atoms with Crippen molar-refractivity contribution < 1.29 is 4.74 Å². The van der Waals surface area contributed by atoms with Crippen molar-refractivity contribution in [1.29, 1.82) is 0 Å². The summed E-state index contributed by atoms with van der Waals surface area (Å²) in [6.07, 6.45) is 7.90. The Bertz CT molecular complexity index is 616. The van der Waals surface area contributed by atoms with Gasteiger partial charge in [0.2, 0.25) is 0 Å². The van der Waals surface area contributed by atoms with Gasteiger partial charge in [-0.3, -0.25) is 4.98 Å². The maximum atomic E-state index is 5.16. The van der Waals surface area contributed by atoms with Crippen LogP contribution in [0.25, 0.3) is 10.9 Å². The van der Waals surface area contributed by atoms with E-state index in [9.17, 15) is 0 Å².